The zero-order chi connectivity index (χ0) is 7.44. The quantitative estimate of drug-likeness (QED) is 0.517. The Morgan fingerprint density at radius 3 is 1.40 bits per heavy atom. The van der Waals surface area contributed by atoms with Gasteiger partial charge < -0.3 is 7.16 Å². The van der Waals surface area contributed by atoms with Gasteiger partial charge in [0.25, 0.3) is 0 Å². The van der Waals surface area contributed by atoms with Crippen molar-refractivity contribution in [3.63, 3.8) is 0 Å². The Morgan fingerprint density at radius 1 is 1.10 bits per heavy atom. The summed E-state index contributed by atoms with van der Waals surface area (Å²) in [5.41, 5.74) is 5.57. The fraction of sp³-hybridized carbons (Fsp3) is 1.00. The van der Waals surface area contributed by atoms with E-state index in [1.54, 1.807) is 0 Å². The second-order valence-electron chi connectivity index (χ2n) is 3.39. The molecule has 0 heterocycles. The van der Waals surface area contributed by atoms with Crippen molar-refractivity contribution in [3.05, 3.63) is 0 Å². The van der Waals surface area contributed by atoms with Gasteiger partial charge in [-0.15, -0.1) is 0 Å². The fourth-order valence-electron chi connectivity index (χ4n) is 1.31. The van der Waals surface area contributed by atoms with E-state index in [0.717, 1.165) is 18.4 Å². The largest absolute Gasteiger partial charge is 1.00 e. The Labute approximate surface area is 88.5 Å². The Morgan fingerprint density at radius 2 is 1.40 bits per heavy atom. The van der Waals surface area contributed by atoms with Crippen LogP contribution in [0.3, 0.4) is 0 Å². The van der Waals surface area contributed by atoms with Crippen LogP contribution in [-0.2, 0) is 0 Å². The van der Waals surface area contributed by atoms with E-state index >= 15 is 0 Å². The minimum atomic E-state index is 0. The summed E-state index contributed by atoms with van der Waals surface area (Å²) in [6.45, 7) is 9.76. The molecule has 0 bridgehead atoms. The van der Waals surface area contributed by atoms with Crippen molar-refractivity contribution >= 4 is 0 Å². The van der Waals surface area contributed by atoms with Crippen molar-refractivity contribution in [2.24, 2.45) is 23.5 Å². The molecule has 2 N–H and O–H groups in total. The molecule has 0 aromatic carbocycles. The molecule has 0 saturated heterocycles. The van der Waals surface area contributed by atoms with E-state index in [9.17, 15) is 0 Å². The van der Waals surface area contributed by atoms with Crippen molar-refractivity contribution in [1.29, 1.82) is 0 Å². The van der Waals surface area contributed by atoms with Crippen LogP contribution in [0, 0.1) is 17.8 Å². The molecule has 0 aliphatic rings. The molecule has 0 amide bonds. The van der Waals surface area contributed by atoms with Crippen LogP contribution in [0.4, 0.5) is 0 Å². The third-order valence-corrected chi connectivity index (χ3v) is 1.98. The molecule has 0 spiro atoms. The van der Waals surface area contributed by atoms with Gasteiger partial charge in [-0.25, -0.2) is 0 Å². The van der Waals surface area contributed by atoms with Gasteiger partial charge >= 0.3 is 29.6 Å². The topological polar surface area (TPSA) is 26.0 Å². The molecule has 0 aliphatic carbocycles. The number of rotatable bonds is 3. The van der Waals surface area contributed by atoms with Crippen molar-refractivity contribution in [1.82, 2.24) is 0 Å². The fourth-order valence-corrected chi connectivity index (χ4v) is 1.31. The average molecular weight is 153 g/mol. The second-order valence-corrected chi connectivity index (χ2v) is 3.39. The Kier molecular flexibility index (Phi) is 9.02. The summed E-state index contributed by atoms with van der Waals surface area (Å²) < 4.78 is 0. The monoisotopic (exact) mass is 153 g/mol. The summed E-state index contributed by atoms with van der Waals surface area (Å²) in [4.78, 5) is 0. The second kappa shape index (κ2) is 6.66. The van der Waals surface area contributed by atoms with Crippen LogP contribution in [0.15, 0.2) is 0 Å². The van der Waals surface area contributed by atoms with Gasteiger partial charge in [0.15, 0.2) is 0 Å². The third-order valence-electron chi connectivity index (χ3n) is 1.98. The number of hydrogen-bond donors (Lipinski definition) is 1. The SMILES string of the molecule is CC(C)C(CN)C(C)C.[H-].[Na+]. The minimum Gasteiger partial charge on any atom is -1.00 e. The molecule has 0 unspecified atom stereocenters. The van der Waals surface area contributed by atoms with E-state index in [0.29, 0.717) is 5.92 Å². The van der Waals surface area contributed by atoms with Gasteiger partial charge in [0, 0.05) is 0 Å². The Balaban J connectivity index is -0.000000320. The molecule has 0 rings (SSSR count). The molecule has 0 aromatic heterocycles. The molecule has 0 fully saturated rings. The van der Waals surface area contributed by atoms with E-state index in [1.807, 2.05) is 0 Å². The molecule has 0 atom stereocenters. The van der Waals surface area contributed by atoms with Gasteiger partial charge in [0.1, 0.15) is 0 Å². The van der Waals surface area contributed by atoms with E-state index in [1.165, 1.54) is 0 Å². The van der Waals surface area contributed by atoms with E-state index in [-0.39, 0.29) is 31.0 Å². The van der Waals surface area contributed by atoms with E-state index in [2.05, 4.69) is 27.7 Å². The molecule has 2 heteroatoms. The van der Waals surface area contributed by atoms with Crippen molar-refractivity contribution in [3.8, 4) is 0 Å². The van der Waals surface area contributed by atoms with Crippen LogP contribution in [0.25, 0.3) is 0 Å². The maximum atomic E-state index is 5.57. The van der Waals surface area contributed by atoms with Crippen molar-refractivity contribution < 1.29 is 31.0 Å². The van der Waals surface area contributed by atoms with Crippen LogP contribution >= 0.6 is 0 Å². The first kappa shape index (κ1) is 13.5. The molecule has 58 valence electrons. The molecule has 0 aliphatic heterocycles. The molecule has 0 saturated carbocycles. The maximum Gasteiger partial charge on any atom is 1.00 e. The standard InChI is InChI=1S/C8H19N.Na.H/c1-6(2)8(5-9)7(3)4;;/h6-8H,5,9H2,1-4H3;;/q;+1;-1. The average Bonchev–Trinajstić information content (AvgIpc) is 1.64. The normalized spacial score (nSPS) is 10.8. The predicted molar refractivity (Wildman–Crippen MR) is 43.3 cm³/mol. The summed E-state index contributed by atoms with van der Waals surface area (Å²) in [5, 5.41) is 0. The molecule has 10 heavy (non-hydrogen) atoms. The van der Waals surface area contributed by atoms with Gasteiger partial charge in [-0.3, -0.25) is 0 Å². The summed E-state index contributed by atoms with van der Waals surface area (Å²) >= 11 is 0. The molecular formula is C8H20NNa. The zero-order valence-electron chi connectivity index (χ0n) is 9.02. The van der Waals surface area contributed by atoms with Gasteiger partial charge in [0.05, 0.1) is 0 Å². The van der Waals surface area contributed by atoms with Gasteiger partial charge in [-0.05, 0) is 24.3 Å². The minimum absolute atomic E-state index is 0. The molecule has 0 aromatic rings. The summed E-state index contributed by atoms with van der Waals surface area (Å²) in [5.74, 6) is 2.16. The number of hydrogen-bond acceptors (Lipinski definition) is 1. The van der Waals surface area contributed by atoms with Crippen LogP contribution in [0.5, 0.6) is 0 Å². The number of nitrogens with two attached hydrogens (primary N) is 1. The molecule has 0 radical (unpaired) electrons. The smallest absolute Gasteiger partial charge is 1.00 e. The molecule has 1 nitrogen and oxygen atoms in total. The summed E-state index contributed by atoms with van der Waals surface area (Å²) in [6.07, 6.45) is 0. The van der Waals surface area contributed by atoms with E-state index < -0.39 is 0 Å². The van der Waals surface area contributed by atoms with Crippen LogP contribution in [-0.4, -0.2) is 6.54 Å². The Hall–Kier alpha value is 0.960. The third kappa shape index (κ3) is 4.73. The van der Waals surface area contributed by atoms with Crippen molar-refractivity contribution in [2.45, 2.75) is 27.7 Å². The van der Waals surface area contributed by atoms with Crippen LogP contribution < -0.4 is 35.3 Å². The maximum absolute atomic E-state index is 5.57. The van der Waals surface area contributed by atoms with Gasteiger partial charge in [-0.2, -0.15) is 0 Å². The summed E-state index contributed by atoms with van der Waals surface area (Å²) in [6, 6.07) is 0. The van der Waals surface area contributed by atoms with E-state index in [4.69, 9.17) is 5.73 Å². The first-order chi connectivity index (χ1) is 4.09. The van der Waals surface area contributed by atoms with Crippen LogP contribution in [0.2, 0.25) is 0 Å². The zero-order valence-corrected chi connectivity index (χ0v) is 10.0. The van der Waals surface area contributed by atoms with Crippen LogP contribution in [0.1, 0.15) is 29.1 Å². The first-order valence-corrected chi connectivity index (χ1v) is 3.79. The van der Waals surface area contributed by atoms with Gasteiger partial charge in [-0.1, -0.05) is 27.7 Å². The predicted octanol–water partition coefficient (Wildman–Crippen LogP) is -1.01. The summed E-state index contributed by atoms with van der Waals surface area (Å²) in [7, 11) is 0. The van der Waals surface area contributed by atoms with Crippen molar-refractivity contribution in [2.75, 3.05) is 6.54 Å². The molecular weight excluding hydrogens is 133 g/mol. The van der Waals surface area contributed by atoms with Gasteiger partial charge in [0.2, 0.25) is 0 Å². The Bertz CT molecular complexity index is 68.5. The first-order valence-electron chi connectivity index (χ1n) is 3.79.